The smallest absolute Gasteiger partial charge is 0.115 e. The molecule has 2 aromatic rings. The highest BCUT2D eigenvalue weighted by molar-refractivity contribution is 6.42. The van der Waals surface area contributed by atoms with Gasteiger partial charge in [0.15, 0.2) is 0 Å². The Morgan fingerprint density at radius 2 is 2.06 bits per heavy atom. The fourth-order valence-corrected chi connectivity index (χ4v) is 1.89. The molecule has 0 radical (unpaired) electrons. The summed E-state index contributed by atoms with van der Waals surface area (Å²) >= 11 is 11.9. The van der Waals surface area contributed by atoms with E-state index in [-0.39, 0.29) is 6.04 Å². The number of nitrogens with one attached hydrogen (secondary N) is 1. The van der Waals surface area contributed by atoms with Crippen molar-refractivity contribution in [1.82, 2.24) is 15.3 Å². The SMILES string of the molecule is CC(NCc1ccncn1)c1ccc(Cl)c(Cl)c1. The molecule has 0 aliphatic rings. The minimum Gasteiger partial charge on any atom is -0.305 e. The maximum atomic E-state index is 5.99. The average Bonchev–Trinajstić information content (AvgIpc) is 2.40. The van der Waals surface area contributed by atoms with E-state index in [4.69, 9.17) is 23.2 Å². The van der Waals surface area contributed by atoms with E-state index in [1.165, 1.54) is 0 Å². The zero-order valence-corrected chi connectivity index (χ0v) is 11.4. The van der Waals surface area contributed by atoms with Gasteiger partial charge in [0, 0.05) is 18.8 Å². The van der Waals surface area contributed by atoms with Crippen LogP contribution in [0.5, 0.6) is 0 Å². The first kappa shape index (κ1) is 13.3. The molecule has 0 spiro atoms. The molecule has 1 aromatic carbocycles. The van der Waals surface area contributed by atoms with Crippen molar-refractivity contribution < 1.29 is 0 Å². The summed E-state index contributed by atoms with van der Waals surface area (Å²) in [5, 5.41) is 4.52. The van der Waals surface area contributed by atoms with Gasteiger partial charge in [-0.1, -0.05) is 29.3 Å². The summed E-state index contributed by atoms with van der Waals surface area (Å²) in [4.78, 5) is 8.04. The summed E-state index contributed by atoms with van der Waals surface area (Å²) < 4.78 is 0. The highest BCUT2D eigenvalue weighted by Gasteiger charge is 2.07. The number of nitrogens with zero attached hydrogens (tertiary/aromatic N) is 2. The van der Waals surface area contributed by atoms with Gasteiger partial charge >= 0.3 is 0 Å². The van der Waals surface area contributed by atoms with Crippen LogP contribution in [0, 0.1) is 0 Å². The third-order valence-electron chi connectivity index (χ3n) is 2.68. The van der Waals surface area contributed by atoms with Gasteiger partial charge in [-0.05, 0) is 30.7 Å². The second-order valence-electron chi connectivity index (χ2n) is 3.98. The number of benzene rings is 1. The number of hydrogen-bond acceptors (Lipinski definition) is 3. The summed E-state index contributed by atoms with van der Waals surface area (Å²) in [6.45, 7) is 2.75. The molecule has 0 amide bonds. The van der Waals surface area contributed by atoms with E-state index in [9.17, 15) is 0 Å². The van der Waals surface area contributed by atoms with Crippen LogP contribution >= 0.6 is 23.2 Å². The highest BCUT2D eigenvalue weighted by atomic mass is 35.5. The molecule has 1 aromatic heterocycles. The second kappa shape index (κ2) is 6.14. The Labute approximate surface area is 116 Å². The Morgan fingerprint density at radius 1 is 1.22 bits per heavy atom. The monoisotopic (exact) mass is 281 g/mol. The molecular formula is C13H13Cl2N3. The van der Waals surface area contributed by atoms with E-state index in [1.807, 2.05) is 24.3 Å². The van der Waals surface area contributed by atoms with E-state index >= 15 is 0 Å². The fourth-order valence-electron chi connectivity index (χ4n) is 1.58. The highest BCUT2D eigenvalue weighted by Crippen LogP contribution is 2.25. The average molecular weight is 282 g/mol. The lowest BCUT2D eigenvalue weighted by molar-refractivity contribution is 0.567. The molecule has 1 heterocycles. The van der Waals surface area contributed by atoms with E-state index in [2.05, 4.69) is 22.2 Å². The molecule has 0 bridgehead atoms. The van der Waals surface area contributed by atoms with Gasteiger partial charge in [-0.2, -0.15) is 0 Å². The fraction of sp³-hybridized carbons (Fsp3) is 0.231. The molecule has 3 nitrogen and oxygen atoms in total. The van der Waals surface area contributed by atoms with Crippen molar-refractivity contribution in [3.63, 3.8) is 0 Å². The van der Waals surface area contributed by atoms with Gasteiger partial charge in [0.2, 0.25) is 0 Å². The van der Waals surface area contributed by atoms with Crippen LogP contribution < -0.4 is 5.32 Å². The van der Waals surface area contributed by atoms with Gasteiger partial charge in [0.25, 0.3) is 0 Å². The zero-order valence-electron chi connectivity index (χ0n) is 9.90. The van der Waals surface area contributed by atoms with Crippen LogP contribution in [0.1, 0.15) is 24.2 Å². The van der Waals surface area contributed by atoms with Crippen LogP contribution in [0.2, 0.25) is 10.0 Å². The van der Waals surface area contributed by atoms with Gasteiger partial charge in [-0.3, -0.25) is 0 Å². The standard InChI is InChI=1S/C13H13Cl2N3/c1-9(10-2-3-12(14)13(15)6-10)17-7-11-4-5-16-8-18-11/h2-6,8-9,17H,7H2,1H3. The van der Waals surface area contributed by atoms with Crippen LogP contribution in [0.4, 0.5) is 0 Å². The normalized spacial score (nSPS) is 12.4. The Bertz CT molecular complexity index is 517. The van der Waals surface area contributed by atoms with Crippen molar-refractivity contribution in [3.05, 3.63) is 58.1 Å². The van der Waals surface area contributed by atoms with E-state index in [1.54, 1.807) is 12.5 Å². The molecule has 0 aliphatic carbocycles. The third kappa shape index (κ3) is 3.42. The van der Waals surface area contributed by atoms with Crippen LogP contribution in [-0.2, 0) is 6.54 Å². The molecule has 94 valence electrons. The van der Waals surface area contributed by atoms with E-state index in [0.717, 1.165) is 11.3 Å². The molecule has 0 saturated carbocycles. The first-order valence-corrected chi connectivity index (χ1v) is 6.35. The van der Waals surface area contributed by atoms with E-state index in [0.29, 0.717) is 16.6 Å². The lowest BCUT2D eigenvalue weighted by Crippen LogP contribution is -2.18. The molecular weight excluding hydrogens is 269 g/mol. The van der Waals surface area contributed by atoms with Crippen LogP contribution in [0.25, 0.3) is 0 Å². The Kier molecular flexibility index (Phi) is 4.53. The Morgan fingerprint density at radius 3 is 2.72 bits per heavy atom. The molecule has 1 atom stereocenters. The van der Waals surface area contributed by atoms with Gasteiger partial charge < -0.3 is 5.32 Å². The second-order valence-corrected chi connectivity index (χ2v) is 4.79. The van der Waals surface area contributed by atoms with Crippen molar-refractivity contribution in [1.29, 1.82) is 0 Å². The lowest BCUT2D eigenvalue weighted by Gasteiger charge is -2.14. The molecule has 0 aliphatic heterocycles. The molecule has 0 fully saturated rings. The molecule has 0 saturated heterocycles. The van der Waals surface area contributed by atoms with Gasteiger partial charge in [-0.25, -0.2) is 9.97 Å². The largest absolute Gasteiger partial charge is 0.305 e. The molecule has 1 unspecified atom stereocenters. The summed E-state index contributed by atoms with van der Waals surface area (Å²) in [5.41, 5.74) is 2.05. The quantitative estimate of drug-likeness (QED) is 0.930. The topological polar surface area (TPSA) is 37.8 Å². The molecule has 2 rings (SSSR count). The summed E-state index contributed by atoms with van der Waals surface area (Å²) in [5.74, 6) is 0. The van der Waals surface area contributed by atoms with Gasteiger partial charge in [0.1, 0.15) is 6.33 Å². The molecule has 1 N–H and O–H groups in total. The van der Waals surface area contributed by atoms with Crippen molar-refractivity contribution >= 4 is 23.2 Å². The summed E-state index contributed by atoms with van der Waals surface area (Å²) in [6, 6.07) is 7.71. The summed E-state index contributed by atoms with van der Waals surface area (Å²) in [7, 11) is 0. The van der Waals surface area contributed by atoms with Crippen molar-refractivity contribution in [2.24, 2.45) is 0 Å². The van der Waals surface area contributed by atoms with Crippen LogP contribution in [-0.4, -0.2) is 9.97 Å². The molecule has 5 heteroatoms. The predicted octanol–water partition coefficient (Wildman–Crippen LogP) is 3.63. The van der Waals surface area contributed by atoms with Crippen molar-refractivity contribution in [2.45, 2.75) is 19.5 Å². The van der Waals surface area contributed by atoms with Gasteiger partial charge in [-0.15, -0.1) is 0 Å². The number of rotatable bonds is 4. The Hall–Kier alpha value is -1.16. The predicted molar refractivity (Wildman–Crippen MR) is 73.7 cm³/mol. The zero-order chi connectivity index (χ0) is 13.0. The number of aromatic nitrogens is 2. The first-order valence-electron chi connectivity index (χ1n) is 5.60. The van der Waals surface area contributed by atoms with Crippen LogP contribution in [0.15, 0.2) is 36.8 Å². The van der Waals surface area contributed by atoms with Crippen LogP contribution in [0.3, 0.4) is 0 Å². The number of hydrogen-bond donors (Lipinski definition) is 1. The first-order chi connectivity index (χ1) is 8.66. The number of halogens is 2. The van der Waals surface area contributed by atoms with Gasteiger partial charge in [0.05, 0.1) is 15.7 Å². The van der Waals surface area contributed by atoms with Crippen molar-refractivity contribution in [2.75, 3.05) is 0 Å². The lowest BCUT2D eigenvalue weighted by atomic mass is 10.1. The minimum absolute atomic E-state index is 0.176. The third-order valence-corrected chi connectivity index (χ3v) is 3.42. The molecule has 18 heavy (non-hydrogen) atoms. The minimum atomic E-state index is 0.176. The summed E-state index contributed by atoms with van der Waals surface area (Å²) in [6.07, 6.45) is 3.27. The van der Waals surface area contributed by atoms with E-state index < -0.39 is 0 Å². The van der Waals surface area contributed by atoms with Crippen molar-refractivity contribution in [3.8, 4) is 0 Å². The maximum Gasteiger partial charge on any atom is 0.115 e. The maximum absolute atomic E-state index is 5.99. The Balaban J connectivity index is 1.99.